The van der Waals surface area contributed by atoms with Gasteiger partial charge in [-0.2, -0.15) is 15.4 Å². The fourth-order valence-electron chi connectivity index (χ4n) is 5.42. The molecule has 2 aliphatic rings. The lowest BCUT2D eigenvalue weighted by Gasteiger charge is -2.22. The van der Waals surface area contributed by atoms with E-state index < -0.39 is 0 Å². The molecule has 0 spiro atoms. The molecular weight excluding hydrogens is 438 g/mol. The molecule has 1 aromatic heterocycles. The zero-order chi connectivity index (χ0) is 23.8. The highest BCUT2D eigenvalue weighted by atomic mass is 16.2. The van der Waals surface area contributed by atoms with Crippen LogP contribution in [0.1, 0.15) is 22.3 Å². The second-order valence-electron chi connectivity index (χ2n) is 9.62. The quantitative estimate of drug-likeness (QED) is 0.486. The smallest absolute Gasteiger partial charge is 0.253 e. The number of aromatic nitrogens is 3. The molecule has 4 aromatic rings. The Balaban J connectivity index is 1.01. The van der Waals surface area contributed by atoms with Gasteiger partial charge in [-0.15, -0.1) is 0 Å². The summed E-state index contributed by atoms with van der Waals surface area (Å²) in [4.78, 5) is 29.8. The van der Waals surface area contributed by atoms with Crippen LogP contribution in [0.3, 0.4) is 0 Å². The van der Waals surface area contributed by atoms with Crippen LogP contribution < -0.4 is 0 Å². The average molecular weight is 466 g/mol. The number of aromatic amines is 1. The molecule has 0 bridgehead atoms. The third-order valence-corrected chi connectivity index (χ3v) is 7.38. The summed E-state index contributed by atoms with van der Waals surface area (Å²) in [5, 5.41) is 10.7. The van der Waals surface area contributed by atoms with E-state index in [1.165, 1.54) is 16.7 Å². The molecular formula is C28H27N5O2. The summed E-state index contributed by atoms with van der Waals surface area (Å²) >= 11 is 0. The first-order valence-electron chi connectivity index (χ1n) is 12.2. The summed E-state index contributed by atoms with van der Waals surface area (Å²) in [6.07, 6.45) is 1.26. The zero-order valence-corrected chi connectivity index (χ0v) is 19.4. The van der Waals surface area contributed by atoms with Crippen LogP contribution in [-0.4, -0.2) is 63.2 Å². The van der Waals surface area contributed by atoms with Crippen molar-refractivity contribution in [1.29, 1.82) is 0 Å². The first kappa shape index (κ1) is 21.5. The Morgan fingerprint density at radius 2 is 1.43 bits per heavy atom. The van der Waals surface area contributed by atoms with Gasteiger partial charge in [-0.1, -0.05) is 54.6 Å². The van der Waals surface area contributed by atoms with Gasteiger partial charge in [-0.25, -0.2) is 0 Å². The number of nitrogens with zero attached hydrogens (tertiary/aromatic N) is 4. The van der Waals surface area contributed by atoms with Crippen molar-refractivity contribution in [3.8, 4) is 11.1 Å². The predicted octanol–water partition coefficient (Wildman–Crippen LogP) is 3.79. The van der Waals surface area contributed by atoms with Crippen LogP contribution in [0.4, 0.5) is 0 Å². The van der Waals surface area contributed by atoms with Gasteiger partial charge in [-0.3, -0.25) is 9.59 Å². The molecule has 0 unspecified atom stereocenters. The van der Waals surface area contributed by atoms with Gasteiger partial charge in [0.2, 0.25) is 5.91 Å². The molecule has 0 aliphatic carbocycles. The number of benzene rings is 3. The minimum Gasteiger partial charge on any atom is -0.342 e. The molecule has 3 aromatic carbocycles. The lowest BCUT2D eigenvalue weighted by atomic mass is 10.0. The summed E-state index contributed by atoms with van der Waals surface area (Å²) in [5.74, 6) is 0.940. The van der Waals surface area contributed by atoms with Crippen molar-refractivity contribution in [1.82, 2.24) is 25.2 Å². The number of hydrogen-bond acceptors (Lipinski definition) is 4. The van der Waals surface area contributed by atoms with Crippen LogP contribution in [-0.2, 0) is 11.2 Å². The largest absolute Gasteiger partial charge is 0.342 e. The molecule has 2 aliphatic heterocycles. The highest BCUT2D eigenvalue weighted by molar-refractivity contribution is 5.97. The number of likely N-dealkylation sites (tertiary alicyclic amines) is 2. The molecule has 6 rings (SSSR count). The molecule has 2 atom stereocenters. The Kier molecular flexibility index (Phi) is 5.52. The maximum Gasteiger partial charge on any atom is 0.253 e. The van der Waals surface area contributed by atoms with Crippen LogP contribution in [0.25, 0.3) is 22.2 Å². The fourth-order valence-corrected chi connectivity index (χ4v) is 5.42. The second kappa shape index (κ2) is 8.98. The van der Waals surface area contributed by atoms with Crippen LogP contribution in [0, 0.1) is 11.8 Å². The standard InChI is InChI=1S/C28H27N5O2/c34-27(13-8-19-6-9-21(10-7-19)20-4-2-1-3-5-20)32-15-23-17-33(18-24(23)16-32)28(35)22-11-12-25-26(14-22)30-31-29-25/h1-7,9-12,14,23-24H,8,13,15-18H2,(H,29,30,31)/t23-,24-/m1/s1. The highest BCUT2D eigenvalue weighted by Crippen LogP contribution is 2.32. The van der Waals surface area contributed by atoms with Crippen molar-refractivity contribution in [2.75, 3.05) is 26.2 Å². The van der Waals surface area contributed by atoms with Gasteiger partial charge in [-0.05, 0) is 41.3 Å². The van der Waals surface area contributed by atoms with E-state index in [2.05, 4.69) is 51.8 Å². The molecule has 2 amide bonds. The first-order chi connectivity index (χ1) is 17.1. The number of rotatable bonds is 5. The Morgan fingerprint density at radius 3 is 2.17 bits per heavy atom. The van der Waals surface area contributed by atoms with E-state index in [0.29, 0.717) is 42.4 Å². The van der Waals surface area contributed by atoms with E-state index in [0.717, 1.165) is 25.0 Å². The molecule has 0 radical (unpaired) electrons. The van der Waals surface area contributed by atoms with Crippen molar-refractivity contribution >= 4 is 22.8 Å². The van der Waals surface area contributed by atoms with Gasteiger partial charge >= 0.3 is 0 Å². The van der Waals surface area contributed by atoms with Crippen LogP contribution in [0.2, 0.25) is 0 Å². The molecule has 7 heteroatoms. The SMILES string of the molecule is O=C(CCc1ccc(-c2ccccc2)cc1)N1C[C@@H]2CN(C(=O)c3ccc4n[nH]nc4c3)C[C@H]2C1. The number of nitrogens with one attached hydrogen (secondary N) is 1. The Hall–Kier alpha value is -4.00. The predicted molar refractivity (Wildman–Crippen MR) is 134 cm³/mol. The number of H-pyrrole nitrogens is 1. The summed E-state index contributed by atoms with van der Waals surface area (Å²) in [6.45, 7) is 2.88. The number of aryl methyl sites for hydroxylation is 1. The topological polar surface area (TPSA) is 82.2 Å². The molecule has 35 heavy (non-hydrogen) atoms. The van der Waals surface area contributed by atoms with Crippen molar-refractivity contribution < 1.29 is 9.59 Å². The van der Waals surface area contributed by atoms with Crippen molar-refractivity contribution in [3.63, 3.8) is 0 Å². The molecule has 7 nitrogen and oxygen atoms in total. The first-order valence-corrected chi connectivity index (χ1v) is 12.2. The van der Waals surface area contributed by atoms with Crippen LogP contribution in [0.15, 0.2) is 72.8 Å². The summed E-state index contributed by atoms with van der Waals surface area (Å²) in [5.41, 5.74) is 5.65. The van der Waals surface area contributed by atoms with E-state index in [9.17, 15) is 9.59 Å². The Morgan fingerprint density at radius 1 is 0.771 bits per heavy atom. The lowest BCUT2D eigenvalue weighted by molar-refractivity contribution is -0.130. The fraction of sp³-hybridized carbons (Fsp3) is 0.286. The van der Waals surface area contributed by atoms with Gasteiger partial charge < -0.3 is 9.80 Å². The summed E-state index contributed by atoms with van der Waals surface area (Å²) < 4.78 is 0. The Labute approximate surface area is 203 Å². The van der Waals surface area contributed by atoms with E-state index in [-0.39, 0.29) is 11.8 Å². The number of hydrogen-bond donors (Lipinski definition) is 1. The minimum atomic E-state index is 0.0288. The van der Waals surface area contributed by atoms with Crippen molar-refractivity contribution in [2.24, 2.45) is 11.8 Å². The van der Waals surface area contributed by atoms with Gasteiger partial charge in [0.25, 0.3) is 5.91 Å². The summed E-state index contributed by atoms with van der Waals surface area (Å²) in [6, 6.07) is 24.2. The van der Waals surface area contributed by atoms with E-state index in [4.69, 9.17) is 0 Å². The van der Waals surface area contributed by atoms with Gasteiger partial charge in [0, 0.05) is 50.0 Å². The van der Waals surface area contributed by atoms with Crippen molar-refractivity contribution in [2.45, 2.75) is 12.8 Å². The molecule has 0 saturated carbocycles. The second-order valence-corrected chi connectivity index (χ2v) is 9.62. The average Bonchev–Trinajstić information content (AvgIpc) is 3.62. The highest BCUT2D eigenvalue weighted by Gasteiger charge is 2.42. The zero-order valence-electron chi connectivity index (χ0n) is 19.4. The molecule has 3 heterocycles. The maximum absolute atomic E-state index is 13.0. The minimum absolute atomic E-state index is 0.0288. The maximum atomic E-state index is 13.0. The monoisotopic (exact) mass is 465 g/mol. The van der Waals surface area contributed by atoms with E-state index in [1.54, 1.807) is 6.07 Å². The number of carbonyl (C=O) groups is 2. The van der Waals surface area contributed by atoms with Gasteiger partial charge in [0.15, 0.2) is 0 Å². The summed E-state index contributed by atoms with van der Waals surface area (Å²) in [7, 11) is 0. The van der Waals surface area contributed by atoms with E-state index in [1.807, 2.05) is 40.1 Å². The number of carbonyl (C=O) groups excluding carboxylic acids is 2. The number of amides is 2. The third-order valence-electron chi connectivity index (χ3n) is 7.38. The molecule has 176 valence electrons. The van der Waals surface area contributed by atoms with Gasteiger partial charge in [0.1, 0.15) is 11.0 Å². The molecule has 2 fully saturated rings. The normalized spacial score (nSPS) is 19.3. The number of fused-ring (bicyclic) bond motifs is 2. The third kappa shape index (κ3) is 4.30. The lowest BCUT2D eigenvalue weighted by Crippen LogP contribution is -2.35. The Bertz CT molecular complexity index is 1350. The molecule has 2 saturated heterocycles. The van der Waals surface area contributed by atoms with Crippen LogP contribution >= 0.6 is 0 Å². The molecule has 1 N–H and O–H groups in total. The van der Waals surface area contributed by atoms with Crippen molar-refractivity contribution in [3.05, 3.63) is 83.9 Å². The van der Waals surface area contributed by atoms with Crippen LogP contribution in [0.5, 0.6) is 0 Å². The van der Waals surface area contributed by atoms with Gasteiger partial charge in [0.05, 0.1) is 0 Å². The van der Waals surface area contributed by atoms with E-state index >= 15 is 0 Å².